The molecule has 0 aliphatic heterocycles. The van der Waals surface area contributed by atoms with Gasteiger partial charge in [-0.05, 0) is 30.0 Å². The molecule has 2 aromatic carbocycles. The van der Waals surface area contributed by atoms with Gasteiger partial charge < -0.3 is 9.84 Å². The van der Waals surface area contributed by atoms with E-state index in [1.807, 2.05) is 37.3 Å². The maximum absolute atomic E-state index is 12.8. The van der Waals surface area contributed by atoms with Crippen LogP contribution in [-0.4, -0.2) is 33.1 Å². The van der Waals surface area contributed by atoms with Crippen LogP contribution in [0.5, 0.6) is 0 Å². The molecule has 4 rings (SSSR count). The Kier molecular flexibility index (Phi) is 4.30. The summed E-state index contributed by atoms with van der Waals surface area (Å²) in [5.41, 5.74) is 3.17. The summed E-state index contributed by atoms with van der Waals surface area (Å²) < 4.78 is 6.92. The summed E-state index contributed by atoms with van der Waals surface area (Å²) >= 11 is 4.11. The summed E-state index contributed by atoms with van der Waals surface area (Å²) in [6.07, 6.45) is 3.03. The Morgan fingerprint density at radius 1 is 1.23 bits per heavy atom. The van der Waals surface area contributed by atoms with Crippen LogP contribution in [0, 0.1) is 6.92 Å². The smallest absolute Gasteiger partial charge is 0.419 e. The fourth-order valence-corrected chi connectivity index (χ4v) is 3.76. The fraction of sp³-hybridized carbons (Fsp3) is 0.200. The van der Waals surface area contributed by atoms with Gasteiger partial charge in [0.1, 0.15) is 6.61 Å². The third-order valence-electron chi connectivity index (χ3n) is 4.74. The van der Waals surface area contributed by atoms with E-state index in [0.717, 1.165) is 32.6 Å². The first kappa shape index (κ1) is 16.9. The SMILES string of the molecule is Cc1c2cnccc2c(CO)c2c1c1ccccc1n2C(=O)OCCS. The van der Waals surface area contributed by atoms with Crippen molar-refractivity contribution in [3.8, 4) is 0 Å². The van der Waals surface area contributed by atoms with E-state index in [1.165, 1.54) is 0 Å². The molecule has 6 heteroatoms. The predicted molar refractivity (Wildman–Crippen MR) is 106 cm³/mol. The lowest BCUT2D eigenvalue weighted by atomic mass is 9.96. The Balaban J connectivity index is 2.23. The van der Waals surface area contributed by atoms with Crippen molar-refractivity contribution in [1.29, 1.82) is 0 Å². The van der Waals surface area contributed by atoms with E-state index in [1.54, 1.807) is 17.0 Å². The van der Waals surface area contributed by atoms with Crippen LogP contribution in [0.1, 0.15) is 11.1 Å². The zero-order valence-electron chi connectivity index (χ0n) is 14.3. The van der Waals surface area contributed by atoms with E-state index < -0.39 is 6.09 Å². The summed E-state index contributed by atoms with van der Waals surface area (Å²) in [5, 5.41) is 13.9. The van der Waals surface area contributed by atoms with Gasteiger partial charge >= 0.3 is 6.09 Å². The number of carbonyl (C=O) groups excluding carboxylic acids is 1. The first-order valence-corrected chi connectivity index (χ1v) is 8.99. The molecule has 0 unspecified atom stereocenters. The Morgan fingerprint density at radius 3 is 2.81 bits per heavy atom. The van der Waals surface area contributed by atoms with Crippen LogP contribution in [0.15, 0.2) is 42.7 Å². The molecular formula is C20H18N2O3S. The van der Waals surface area contributed by atoms with Crippen LogP contribution in [0.25, 0.3) is 32.6 Å². The number of aliphatic hydroxyl groups is 1. The van der Waals surface area contributed by atoms with E-state index in [-0.39, 0.29) is 13.2 Å². The number of benzene rings is 2. The molecule has 4 aromatic rings. The highest BCUT2D eigenvalue weighted by atomic mass is 32.1. The summed E-state index contributed by atoms with van der Waals surface area (Å²) in [6.45, 7) is 2.05. The molecule has 132 valence electrons. The van der Waals surface area contributed by atoms with Crippen LogP contribution < -0.4 is 0 Å². The van der Waals surface area contributed by atoms with Gasteiger partial charge in [-0.2, -0.15) is 12.6 Å². The second-order valence-corrected chi connectivity index (χ2v) is 6.54. The predicted octanol–water partition coefficient (Wildman–Crippen LogP) is 4.06. The molecule has 26 heavy (non-hydrogen) atoms. The fourth-order valence-electron chi connectivity index (χ4n) is 3.67. The van der Waals surface area contributed by atoms with Gasteiger partial charge in [0.25, 0.3) is 0 Å². The number of rotatable bonds is 3. The van der Waals surface area contributed by atoms with Gasteiger partial charge in [0, 0.05) is 39.9 Å². The minimum absolute atomic E-state index is 0.187. The Bertz CT molecular complexity index is 1150. The van der Waals surface area contributed by atoms with Crippen LogP contribution in [0.3, 0.4) is 0 Å². The number of ether oxygens (including phenoxy) is 1. The highest BCUT2D eigenvalue weighted by molar-refractivity contribution is 7.80. The molecule has 0 aliphatic rings. The Hall–Kier alpha value is -2.57. The molecule has 0 bridgehead atoms. The van der Waals surface area contributed by atoms with Crippen molar-refractivity contribution in [2.45, 2.75) is 13.5 Å². The molecule has 0 spiro atoms. The monoisotopic (exact) mass is 366 g/mol. The summed E-state index contributed by atoms with van der Waals surface area (Å²) in [6, 6.07) is 9.57. The molecule has 0 saturated heterocycles. The van der Waals surface area contributed by atoms with E-state index in [2.05, 4.69) is 17.6 Å². The van der Waals surface area contributed by atoms with Crippen LogP contribution in [0.2, 0.25) is 0 Å². The molecule has 5 nitrogen and oxygen atoms in total. The molecule has 0 saturated carbocycles. The van der Waals surface area contributed by atoms with Crippen molar-refractivity contribution >= 4 is 51.3 Å². The molecule has 0 amide bonds. The van der Waals surface area contributed by atoms with Gasteiger partial charge in [-0.25, -0.2) is 9.36 Å². The molecule has 0 atom stereocenters. The summed E-state index contributed by atoms with van der Waals surface area (Å²) in [7, 11) is 0. The van der Waals surface area contributed by atoms with Gasteiger partial charge in [0.2, 0.25) is 0 Å². The molecule has 0 aliphatic carbocycles. The molecule has 0 fully saturated rings. The van der Waals surface area contributed by atoms with E-state index >= 15 is 0 Å². The van der Waals surface area contributed by atoms with Crippen molar-refractivity contribution in [1.82, 2.24) is 9.55 Å². The normalized spacial score (nSPS) is 11.5. The first-order chi connectivity index (χ1) is 12.7. The number of aryl methyl sites for hydroxylation is 1. The van der Waals surface area contributed by atoms with Gasteiger partial charge in [-0.3, -0.25) is 4.98 Å². The van der Waals surface area contributed by atoms with Crippen molar-refractivity contribution in [3.05, 3.63) is 53.9 Å². The lowest BCUT2D eigenvalue weighted by Gasteiger charge is -2.13. The van der Waals surface area contributed by atoms with Gasteiger partial charge in [0.15, 0.2) is 0 Å². The zero-order valence-corrected chi connectivity index (χ0v) is 15.2. The van der Waals surface area contributed by atoms with Gasteiger partial charge in [-0.1, -0.05) is 18.2 Å². The third kappa shape index (κ3) is 2.37. The summed E-state index contributed by atoms with van der Waals surface area (Å²) in [4.78, 5) is 17.1. The second kappa shape index (κ2) is 6.63. The maximum atomic E-state index is 12.8. The number of hydrogen-bond donors (Lipinski definition) is 2. The lowest BCUT2D eigenvalue weighted by Crippen LogP contribution is -2.15. The molecule has 2 aromatic heterocycles. The largest absolute Gasteiger partial charge is 0.448 e. The van der Waals surface area contributed by atoms with Crippen LogP contribution in [0.4, 0.5) is 4.79 Å². The number of aliphatic hydroxyl groups excluding tert-OH is 1. The molecular weight excluding hydrogens is 348 g/mol. The van der Waals surface area contributed by atoms with Crippen molar-refractivity contribution < 1.29 is 14.6 Å². The minimum atomic E-state index is -0.465. The quantitative estimate of drug-likeness (QED) is 0.537. The number of nitrogens with zero attached hydrogens (tertiary/aromatic N) is 2. The average molecular weight is 366 g/mol. The van der Waals surface area contributed by atoms with E-state index in [9.17, 15) is 9.90 Å². The lowest BCUT2D eigenvalue weighted by molar-refractivity contribution is 0.157. The number of fused-ring (bicyclic) bond motifs is 4. The van der Waals surface area contributed by atoms with E-state index in [4.69, 9.17) is 4.74 Å². The number of aromatic nitrogens is 2. The molecule has 0 radical (unpaired) electrons. The average Bonchev–Trinajstić information content (AvgIpc) is 3.02. The minimum Gasteiger partial charge on any atom is -0.448 e. The molecule has 2 heterocycles. The third-order valence-corrected chi connectivity index (χ3v) is 4.93. The number of pyridine rings is 1. The number of thiol groups is 1. The number of hydrogen-bond acceptors (Lipinski definition) is 5. The maximum Gasteiger partial charge on any atom is 0.419 e. The first-order valence-electron chi connectivity index (χ1n) is 8.36. The number of carbonyl (C=O) groups is 1. The van der Waals surface area contributed by atoms with Gasteiger partial charge in [0.05, 0.1) is 17.6 Å². The second-order valence-electron chi connectivity index (χ2n) is 6.10. The summed E-state index contributed by atoms with van der Waals surface area (Å²) in [5.74, 6) is 0.448. The van der Waals surface area contributed by atoms with Crippen molar-refractivity contribution in [3.63, 3.8) is 0 Å². The van der Waals surface area contributed by atoms with Crippen LogP contribution >= 0.6 is 12.6 Å². The van der Waals surface area contributed by atoms with Gasteiger partial charge in [-0.15, -0.1) is 0 Å². The highest BCUT2D eigenvalue weighted by Crippen LogP contribution is 2.38. The molecule has 1 N–H and O–H groups in total. The van der Waals surface area contributed by atoms with Crippen LogP contribution in [-0.2, 0) is 11.3 Å². The van der Waals surface area contributed by atoms with E-state index in [0.29, 0.717) is 16.8 Å². The highest BCUT2D eigenvalue weighted by Gasteiger charge is 2.23. The van der Waals surface area contributed by atoms with Crippen molar-refractivity contribution in [2.24, 2.45) is 0 Å². The standard InChI is InChI=1S/C20H18N2O3S/c1-12-15-10-21-7-6-13(15)16(11-23)19-18(12)14-4-2-3-5-17(14)22(19)20(24)25-8-9-26/h2-7,10,23,26H,8-9,11H2,1H3. The van der Waals surface area contributed by atoms with Crippen molar-refractivity contribution in [2.75, 3.05) is 12.4 Å². The topological polar surface area (TPSA) is 64.4 Å². The zero-order chi connectivity index (χ0) is 18.3. The Labute approximate surface area is 155 Å². The Morgan fingerprint density at radius 2 is 2.04 bits per heavy atom. The number of para-hydroxylation sites is 1.